The average Bonchev–Trinajstić information content (AvgIpc) is 2.78. The van der Waals surface area contributed by atoms with Crippen molar-refractivity contribution in [2.24, 2.45) is 17.4 Å². The molecule has 6 nitrogen and oxygen atoms in total. The van der Waals surface area contributed by atoms with Crippen molar-refractivity contribution in [1.29, 1.82) is 0 Å². The molecule has 1 saturated heterocycles. The quantitative estimate of drug-likeness (QED) is 0.520. The first-order chi connectivity index (χ1) is 8.19. The number of fused-ring (bicyclic) bond motifs is 1. The van der Waals surface area contributed by atoms with Crippen molar-refractivity contribution >= 4 is 5.70 Å². The van der Waals surface area contributed by atoms with Gasteiger partial charge in [-0.15, -0.1) is 0 Å². The van der Waals surface area contributed by atoms with Gasteiger partial charge in [-0.3, -0.25) is 0 Å². The van der Waals surface area contributed by atoms with E-state index < -0.39 is 5.66 Å². The third-order valence-corrected chi connectivity index (χ3v) is 3.58. The summed E-state index contributed by atoms with van der Waals surface area (Å²) < 4.78 is 1.81. The van der Waals surface area contributed by atoms with Crippen molar-refractivity contribution in [3.63, 3.8) is 0 Å². The monoisotopic (exact) mass is 234 g/mol. The van der Waals surface area contributed by atoms with Crippen molar-refractivity contribution in [3.05, 3.63) is 24.3 Å². The fourth-order valence-corrected chi connectivity index (χ4v) is 2.64. The minimum absolute atomic E-state index is 0.338. The first-order valence-electron chi connectivity index (χ1n) is 5.99. The van der Waals surface area contributed by atoms with Crippen LogP contribution in [-0.4, -0.2) is 28.4 Å². The molecule has 0 bridgehead atoms. The minimum Gasteiger partial charge on any atom is -0.396 e. The molecular weight excluding hydrogens is 216 g/mol. The van der Waals surface area contributed by atoms with E-state index >= 15 is 0 Å². The molecule has 0 radical (unpaired) electrons. The summed E-state index contributed by atoms with van der Waals surface area (Å²) in [6.45, 7) is 1.99. The number of imidazole rings is 1. The lowest BCUT2D eigenvalue weighted by atomic mass is 9.85. The Bertz CT molecular complexity index is 445. The smallest absolute Gasteiger partial charge is 0.174 e. The number of hydrogen-bond donors (Lipinski definition) is 4. The summed E-state index contributed by atoms with van der Waals surface area (Å²) >= 11 is 0. The van der Waals surface area contributed by atoms with E-state index in [-0.39, 0.29) is 0 Å². The van der Waals surface area contributed by atoms with Gasteiger partial charge in [0.15, 0.2) is 5.82 Å². The zero-order valence-corrected chi connectivity index (χ0v) is 9.69. The number of hydrogen-bond acceptors (Lipinski definition) is 5. The third-order valence-electron chi connectivity index (χ3n) is 3.58. The van der Waals surface area contributed by atoms with Crippen molar-refractivity contribution in [2.75, 3.05) is 18.5 Å². The molecule has 0 spiro atoms. The fourth-order valence-electron chi connectivity index (χ4n) is 2.64. The Hall–Kier alpha value is -1.53. The standard InChI is InChI=1S/C11H18N6/c12-9-6-11(13,8-2-1-3-14-7-8)16-17-5-4-15-10(9)17/h4-6,8,14,16H,1-3,7,12-13H2. The first kappa shape index (κ1) is 10.6. The minimum atomic E-state index is -0.592. The van der Waals surface area contributed by atoms with E-state index in [1.54, 1.807) is 6.20 Å². The molecule has 0 aliphatic carbocycles. The topological polar surface area (TPSA) is 93.9 Å². The molecule has 6 N–H and O–H groups in total. The second-order valence-corrected chi connectivity index (χ2v) is 4.81. The first-order valence-corrected chi connectivity index (χ1v) is 5.99. The van der Waals surface area contributed by atoms with Gasteiger partial charge in [0.05, 0.1) is 5.70 Å². The highest BCUT2D eigenvalue weighted by Crippen LogP contribution is 2.27. The molecule has 17 heavy (non-hydrogen) atoms. The molecule has 2 atom stereocenters. The van der Waals surface area contributed by atoms with Gasteiger partial charge < -0.3 is 22.2 Å². The highest BCUT2D eigenvalue weighted by Gasteiger charge is 2.37. The molecule has 6 heteroatoms. The van der Waals surface area contributed by atoms with Crippen LogP contribution in [0.25, 0.3) is 5.70 Å². The Morgan fingerprint density at radius 2 is 2.41 bits per heavy atom. The van der Waals surface area contributed by atoms with Crippen molar-refractivity contribution in [2.45, 2.75) is 18.5 Å². The third kappa shape index (κ3) is 1.69. The predicted molar refractivity (Wildman–Crippen MR) is 66.3 cm³/mol. The van der Waals surface area contributed by atoms with Crippen molar-refractivity contribution < 1.29 is 0 Å². The van der Waals surface area contributed by atoms with Crippen LogP contribution in [0.5, 0.6) is 0 Å². The van der Waals surface area contributed by atoms with Crippen LogP contribution < -0.4 is 22.2 Å². The van der Waals surface area contributed by atoms with Gasteiger partial charge in [0.1, 0.15) is 5.66 Å². The number of aromatic nitrogens is 2. The molecule has 0 amide bonds. The second kappa shape index (κ2) is 3.75. The molecule has 3 rings (SSSR count). The van der Waals surface area contributed by atoms with Gasteiger partial charge in [-0.1, -0.05) is 0 Å². The molecule has 1 fully saturated rings. The lowest BCUT2D eigenvalue weighted by Gasteiger charge is -2.41. The zero-order valence-electron chi connectivity index (χ0n) is 9.69. The Kier molecular flexibility index (Phi) is 2.34. The summed E-state index contributed by atoms with van der Waals surface area (Å²) in [6, 6.07) is 0. The summed E-state index contributed by atoms with van der Waals surface area (Å²) in [5, 5.41) is 3.38. The fraction of sp³-hybridized carbons (Fsp3) is 0.545. The number of rotatable bonds is 1. The van der Waals surface area contributed by atoms with Gasteiger partial charge in [0, 0.05) is 24.9 Å². The van der Waals surface area contributed by atoms with Gasteiger partial charge in [-0.25, -0.2) is 9.66 Å². The van der Waals surface area contributed by atoms with Gasteiger partial charge >= 0.3 is 0 Å². The maximum Gasteiger partial charge on any atom is 0.174 e. The lowest BCUT2D eigenvalue weighted by molar-refractivity contribution is 0.270. The molecular formula is C11H18N6. The average molecular weight is 234 g/mol. The summed E-state index contributed by atoms with van der Waals surface area (Å²) in [5.74, 6) is 1.07. The van der Waals surface area contributed by atoms with E-state index in [4.69, 9.17) is 11.5 Å². The van der Waals surface area contributed by atoms with Crippen LogP contribution in [0.3, 0.4) is 0 Å². The predicted octanol–water partition coefficient (Wildman–Crippen LogP) is -0.606. The van der Waals surface area contributed by atoms with Crippen LogP contribution in [-0.2, 0) is 0 Å². The summed E-state index contributed by atoms with van der Waals surface area (Å²) in [6.07, 6.45) is 7.70. The summed E-state index contributed by atoms with van der Waals surface area (Å²) in [7, 11) is 0. The molecule has 2 aliphatic heterocycles. The molecule has 0 aromatic carbocycles. The number of piperidine rings is 1. The highest BCUT2D eigenvalue weighted by molar-refractivity contribution is 5.61. The summed E-state index contributed by atoms with van der Waals surface area (Å²) in [4.78, 5) is 4.18. The maximum absolute atomic E-state index is 6.44. The number of nitrogens with two attached hydrogens (primary N) is 2. The normalized spacial score (nSPS) is 32.5. The van der Waals surface area contributed by atoms with Crippen molar-refractivity contribution in [3.8, 4) is 0 Å². The Labute approximate surface area is 100 Å². The maximum atomic E-state index is 6.44. The largest absolute Gasteiger partial charge is 0.396 e. The van der Waals surface area contributed by atoms with Gasteiger partial charge in [-0.05, 0) is 25.5 Å². The molecule has 1 aromatic heterocycles. The summed E-state index contributed by atoms with van der Waals surface area (Å²) in [5.41, 5.74) is 15.8. The van der Waals surface area contributed by atoms with Crippen LogP contribution in [0, 0.1) is 5.92 Å². The van der Waals surface area contributed by atoms with Gasteiger partial charge in [0.25, 0.3) is 0 Å². The molecule has 3 heterocycles. The lowest BCUT2D eigenvalue weighted by Crippen LogP contribution is -2.61. The van der Waals surface area contributed by atoms with Crippen LogP contribution >= 0.6 is 0 Å². The van der Waals surface area contributed by atoms with E-state index in [1.165, 1.54) is 0 Å². The van der Waals surface area contributed by atoms with E-state index in [0.29, 0.717) is 11.6 Å². The van der Waals surface area contributed by atoms with E-state index in [2.05, 4.69) is 15.7 Å². The molecule has 92 valence electrons. The van der Waals surface area contributed by atoms with Gasteiger partial charge in [0.2, 0.25) is 0 Å². The van der Waals surface area contributed by atoms with Crippen LogP contribution in [0.4, 0.5) is 0 Å². The molecule has 2 unspecified atom stereocenters. The zero-order chi connectivity index (χ0) is 11.9. The second-order valence-electron chi connectivity index (χ2n) is 4.81. The number of nitrogens with one attached hydrogen (secondary N) is 2. The molecule has 0 saturated carbocycles. The van der Waals surface area contributed by atoms with Crippen LogP contribution in [0.2, 0.25) is 0 Å². The van der Waals surface area contributed by atoms with E-state index in [9.17, 15) is 0 Å². The molecule has 1 aromatic rings. The van der Waals surface area contributed by atoms with Crippen LogP contribution in [0.1, 0.15) is 18.7 Å². The van der Waals surface area contributed by atoms with E-state index in [1.807, 2.05) is 16.9 Å². The van der Waals surface area contributed by atoms with Gasteiger partial charge in [-0.2, -0.15) is 0 Å². The Morgan fingerprint density at radius 3 is 3.18 bits per heavy atom. The molecule has 2 aliphatic rings. The van der Waals surface area contributed by atoms with Crippen molar-refractivity contribution in [1.82, 2.24) is 15.0 Å². The highest BCUT2D eigenvalue weighted by atomic mass is 15.5. The Balaban J connectivity index is 1.91. The SMILES string of the molecule is NC1=CC(N)(C2CCCNC2)Nn2ccnc21. The van der Waals surface area contributed by atoms with Crippen LogP contribution in [0.15, 0.2) is 18.5 Å². The Morgan fingerprint density at radius 1 is 1.53 bits per heavy atom. The van der Waals surface area contributed by atoms with E-state index in [0.717, 1.165) is 31.8 Å². The number of nitrogens with zero attached hydrogens (tertiary/aromatic N) is 2.